The zero-order valence-electron chi connectivity index (χ0n) is 17.8. The van der Waals surface area contributed by atoms with Crippen LogP contribution in [0.4, 0.5) is 5.69 Å². The highest BCUT2D eigenvalue weighted by Gasteiger charge is 2.18. The smallest absolute Gasteiger partial charge is 0.255 e. The summed E-state index contributed by atoms with van der Waals surface area (Å²) >= 11 is 0. The van der Waals surface area contributed by atoms with Gasteiger partial charge in [-0.25, -0.2) is 0 Å². The first-order valence-electron chi connectivity index (χ1n) is 10.3. The van der Waals surface area contributed by atoms with Crippen molar-refractivity contribution in [3.8, 4) is 0 Å². The van der Waals surface area contributed by atoms with E-state index >= 15 is 0 Å². The molecule has 0 fully saturated rings. The number of amides is 2. The Bertz CT molecular complexity index is 801. The van der Waals surface area contributed by atoms with Crippen molar-refractivity contribution < 1.29 is 14.3 Å². The molecule has 0 saturated heterocycles. The maximum Gasteiger partial charge on any atom is 0.255 e. The van der Waals surface area contributed by atoms with Gasteiger partial charge in [0.05, 0.1) is 6.10 Å². The summed E-state index contributed by atoms with van der Waals surface area (Å²) in [5.41, 5.74) is 2.64. The molecule has 0 radical (unpaired) electrons. The number of hydrogen-bond donors (Lipinski definition) is 2. The van der Waals surface area contributed by atoms with Crippen LogP contribution in [0.2, 0.25) is 0 Å². The summed E-state index contributed by atoms with van der Waals surface area (Å²) < 4.78 is 5.60. The highest BCUT2D eigenvalue weighted by molar-refractivity contribution is 6.05. The number of carbonyl (C=O) groups is 2. The van der Waals surface area contributed by atoms with Gasteiger partial charge in [0.2, 0.25) is 0 Å². The van der Waals surface area contributed by atoms with Crippen molar-refractivity contribution in [2.45, 2.75) is 46.1 Å². The van der Waals surface area contributed by atoms with E-state index in [1.54, 1.807) is 31.4 Å². The van der Waals surface area contributed by atoms with Crippen molar-refractivity contribution in [3.63, 3.8) is 0 Å². The second-order valence-electron chi connectivity index (χ2n) is 7.25. The molecule has 0 heterocycles. The Kier molecular flexibility index (Phi) is 8.87. The Labute approximate surface area is 173 Å². The molecule has 0 aliphatic heterocycles. The second-order valence-corrected chi connectivity index (χ2v) is 7.25. The molecule has 0 saturated carbocycles. The Morgan fingerprint density at radius 2 is 1.66 bits per heavy atom. The molecule has 2 aromatic rings. The van der Waals surface area contributed by atoms with Gasteiger partial charge in [-0.3, -0.25) is 9.59 Å². The van der Waals surface area contributed by atoms with E-state index in [4.69, 9.17) is 4.74 Å². The third-order valence-electron chi connectivity index (χ3n) is 5.38. The van der Waals surface area contributed by atoms with Crippen LogP contribution in [-0.2, 0) is 4.74 Å². The van der Waals surface area contributed by atoms with E-state index in [1.807, 2.05) is 31.2 Å². The molecule has 29 heavy (non-hydrogen) atoms. The Hall–Kier alpha value is -2.66. The molecule has 0 bridgehead atoms. The van der Waals surface area contributed by atoms with Crippen LogP contribution in [0, 0.1) is 12.8 Å². The van der Waals surface area contributed by atoms with Crippen LogP contribution in [0.5, 0.6) is 0 Å². The van der Waals surface area contributed by atoms with Gasteiger partial charge in [-0.2, -0.15) is 0 Å². The number of anilines is 1. The zero-order valence-corrected chi connectivity index (χ0v) is 17.8. The first-order chi connectivity index (χ1) is 14.0. The zero-order chi connectivity index (χ0) is 21.2. The minimum absolute atomic E-state index is 0.143. The molecule has 0 aliphatic rings. The van der Waals surface area contributed by atoms with Crippen molar-refractivity contribution in [3.05, 3.63) is 65.2 Å². The van der Waals surface area contributed by atoms with Crippen molar-refractivity contribution in [1.29, 1.82) is 0 Å². The van der Waals surface area contributed by atoms with Crippen molar-refractivity contribution >= 4 is 17.5 Å². The minimum Gasteiger partial charge on any atom is -0.381 e. The highest BCUT2D eigenvalue weighted by atomic mass is 16.5. The van der Waals surface area contributed by atoms with Crippen LogP contribution in [-0.4, -0.2) is 31.6 Å². The van der Waals surface area contributed by atoms with Crippen molar-refractivity contribution in [2.75, 3.05) is 19.0 Å². The standard InChI is InChI=1S/C24H32N2O3/c1-5-18(6-2)22(29-4)14-15-25-23(27)20-13-12-17(3)21(16-20)26-24(28)19-10-8-7-9-11-19/h7-13,16,18,22H,5-6,14-15H2,1-4H3,(H,25,27)(H,26,28). The number of nitrogens with one attached hydrogen (secondary N) is 2. The maximum absolute atomic E-state index is 12.6. The summed E-state index contributed by atoms with van der Waals surface area (Å²) in [6.45, 7) is 6.78. The van der Waals surface area contributed by atoms with E-state index < -0.39 is 0 Å². The molecule has 156 valence electrons. The molecule has 2 N–H and O–H groups in total. The van der Waals surface area contributed by atoms with Crippen LogP contribution in [0.1, 0.15) is 59.4 Å². The van der Waals surface area contributed by atoms with Crippen molar-refractivity contribution in [1.82, 2.24) is 5.32 Å². The fourth-order valence-corrected chi connectivity index (χ4v) is 3.47. The summed E-state index contributed by atoms with van der Waals surface area (Å²) in [7, 11) is 1.73. The van der Waals surface area contributed by atoms with E-state index in [9.17, 15) is 9.59 Å². The van der Waals surface area contributed by atoms with E-state index in [1.165, 1.54) is 0 Å². The molecule has 0 aromatic heterocycles. The molecule has 2 aromatic carbocycles. The van der Waals surface area contributed by atoms with E-state index in [2.05, 4.69) is 24.5 Å². The molecule has 2 rings (SSSR count). The first-order valence-corrected chi connectivity index (χ1v) is 10.3. The van der Waals surface area contributed by atoms with Gasteiger partial charge in [-0.15, -0.1) is 0 Å². The third-order valence-corrected chi connectivity index (χ3v) is 5.38. The topological polar surface area (TPSA) is 67.4 Å². The SMILES string of the molecule is CCC(CC)C(CCNC(=O)c1ccc(C)c(NC(=O)c2ccccc2)c1)OC. The van der Waals surface area contributed by atoms with Gasteiger partial charge in [0.1, 0.15) is 0 Å². The Morgan fingerprint density at radius 1 is 0.966 bits per heavy atom. The van der Waals surface area contributed by atoms with Gasteiger partial charge in [-0.1, -0.05) is 51.0 Å². The van der Waals surface area contributed by atoms with Crippen LogP contribution >= 0.6 is 0 Å². The monoisotopic (exact) mass is 396 g/mol. The van der Waals surface area contributed by atoms with Gasteiger partial charge in [0.25, 0.3) is 11.8 Å². The lowest BCUT2D eigenvalue weighted by molar-refractivity contribution is 0.0420. The molecule has 1 atom stereocenters. The predicted molar refractivity (Wildman–Crippen MR) is 117 cm³/mol. The largest absolute Gasteiger partial charge is 0.381 e. The van der Waals surface area contributed by atoms with E-state index in [0.717, 1.165) is 24.8 Å². The Balaban J connectivity index is 1.99. The number of carbonyl (C=O) groups excluding carboxylic acids is 2. The lowest BCUT2D eigenvalue weighted by atomic mass is 9.94. The molecule has 1 unspecified atom stereocenters. The lowest BCUT2D eigenvalue weighted by Crippen LogP contribution is -2.31. The summed E-state index contributed by atoms with van der Waals surface area (Å²) in [4.78, 5) is 25.0. The van der Waals surface area contributed by atoms with Gasteiger partial charge in [-0.05, 0) is 49.1 Å². The number of aryl methyl sites for hydroxylation is 1. The summed E-state index contributed by atoms with van der Waals surface area (Å²) in [6.07, 6.45) is 3.04. The van der Waals surface area contributed by atoms with Crippen molar-refractivity contribution in [2.24, 2.45) is 5.92 Å². The maximum atomic E-state index is 12.6. The quantitative estimate of drug-likeness (QED) is 0.605. The van der Waals surface area contributed by atoms with Crippen LogP contribution < -0.4 is 10.6 Å². The minimum atomic E-state index is -0.195. The number of benzene rings is 2. The highest BCUT2D eigenvalue weighted by Crippen LogP contribution is 2.20. The molecule has 5 heteroatoms. The fourth-order valence-electron chi connectivity index (χ4n) is 3.47. The van der Waals surface area contributed by atoms with E-state index in [-0.39, 0.29) is 17.9 Å². The summed E-state index contributed by atoms with van der Waals surface area (Å²) in [6, 6.07) is 14.4. The van der Waals surface area contributed by atoms with Gasteiger partial charge >= 0.3 is 0 Å². The average Bonchev–Trinajstić information content (AvgIpc) is 2.75. The summed E-state index contributed by atoms with van der Waals surface area (Å²) in [5, 5.41) is 5.86. The van der Waals surface area contributed by atoms with Crippen LogP contribution in [0.3, 0.4) is 0 Å². The first kappa shape index (κ1) is 22.6. The molecular formula is C24H32N2O3. The number of hydrogen-bond acceptors (Lipinski definition) is 3. The third kappa shape index (κ3) is 6.43. The van der Waals surface area contributed by atoms with Gasteiger partial charge in [0.15, 0.2) is 0 Å². The number of rotatable bonds is 10. The van der Waals surface area contributed by atoms with Gasteiger partial charge < -0.3 is 15.4 Å². The fraction of sp³-hybridized carbons (Fsp3) is 0.417. The lowest BCUT2D eigenvalue weighted by Gasteiger charge is -2.24. The average molecular weight is 397 g/mol. The predicted octanol–water partition coefficient (Wildman–Crippen LogP) is 4.82. The summed E-state index contributed by atoms with van der Waals surface area (Å²) in [5.74, 6) is 0.148. The normalized spacial score (nSPS) is 11.9. The molecule has 2 amide bonds. The number of methoxy groups -OCH3 is 1. The molecular weight excluding hydrogens is 364 g/mol. The second kappa shape index (κ2) is 11.4. The molecule has 5 nitrogen and oxygen atoms in total. The Morgan fingerprint density at radius 3 is 2.28 bits per heavy atom. The molecule has 0 spiro atoms. The molecule has 0 aliphatic carbocycles. The van der Waals surface area contributed by atoms with Crippen LogP contribution in [0.15, 0.2) is 48.5 Å². The van der Waals surface area contributed by atoms with E-state index in [0.29, 0.717) is 29.3 Å². The number of ether oxygens (including phenoxy) is 1. The van der Waals surface area contributed by atoms with Crippen LogP contribution in [0.25, 0.3) is 0 Å². The van der Waals surface area contributed by atoms with Gasteiger partial charge in [0, 0.05) is 30.5 Å².